The molecule has 0 unspecified atom stereocenters. The summed E-state index contributed by atoms with van der Waals surface area (Å²) in [6.07, 6.45) is 4.31. The molecule has 1 heterocycles. The summed E-state index contributed by atoms with van der Waals surface area (Å²) >= 11 is 6.28. The summed E-state index contributed by atoms with van der Waals surface area (Å²) in [5.74, 6) is -0.207. The van der Waals surface area contributed by atoms with Crippen molar-refractivity contribution in [3.63, 3.8) is 0 Å². The number of nitrogens with zero attached hydrogens (tertiary/aromatic N) is 1. The summed E-state index contributed by atoms with van der Waals surface area (Å²) in [6, 6.07) is 7.44. The molecule has 0 radical (unpaired) electrons. The average Bonchev–Trinajstić information content (AvgIpc) is 3.14. The third-order valence-electron chi connectivity index (χ3n) is 5.53. The highest BCUT2D eigenvalue weighted by molar-refractivity contribution is 6.33. The molecule has 142 valence electrons. The molecule has 1 aliphatic carbocycles. The Morgan fingerprint density at radius 2 is 1.85 bits per heavy atom. The molecule has 2 aliphatic rings. The van der Waals surface area contributed by atoms with Crippen LogP contribution in [0.1, 0.15) is 32.6 Å². The highest BCUT2D eigenvalue weighted by Crippen LogP contribution is 2.24. The molecule has 7 heteroatoms. The molecule has 3 N–H and O–H groups in total. The number of hydrogen-bond donors (Lipinski definition) is 3. The van der Waals surface area contributed by atoms with Gasteiger partial charge in [0, 0.05) is 6.04 Å². The van der Waals surface area contributed by atoms with Gasteiger partial charge in [-0.2, -0.15) is 0 Å². The monoisotopic (exact) mass is 379 g/mol. The van der Waals surface area contributed by atoms with Crippen molar-refractivity contribution in [1.29, 1.82) is 0 Å². The lowest BCUT2D eigenvalue weighted by Gasteiger charge is -2.36. The number of para-hydroxylation sites is 1. The summed E-state index contributed by atoms with van der Waals surface area (Å²) in [6.45, 7) is 5.24. The smallest absolute Gasteiger partial charge is 0.321 e. The van der Waals surface area contributed by atoms with E-state index in [1.165, 1.54) is 4.90 Å². The Morgan fingerprint density at radius 3 is 2.50 bits per heavy atom. The molecule has 26 heavy (non-hydrogen) atoms. The Labute approximate surface area is 159 Å². The fourth-order valence-electron chi connectivity index (χ4n) is 3.87. The molecule has 6 nitrogen and oxygen atoms in total. The lowest BCUT2D eigenvalue weighted by molar-refractivity contribution is -0.914. The SMILES string of the molecule is C[C@@H](C(=O)NC(=O)NC1CCCC1)[NH+]1CCN(c2ccccc2Cl)CC1. The number of quaternary nitrogens is 1. The number of carbonyl (C=O) groups excluding carboxylic acids is 2. The van der Waals surface area contributed by atoms with E-state index in [0.717, 1.165) is 62.6 Å². The molecule has 1 aromatic carbocycles. The predicted molar refractivity (Wildman–Crippen MR) is 103 cm³/mol. The number of halogens is 1. The Balaban J connectivity index is 1.46. The first kappa shape index (κ1) is 19.0. The zero-order valence-electron chi connectivity index (χ0n) is 15.3. The lowest BCUT2D eigenvalue weighted by atomic mass is 10.2. The van der Waals surface area contributed by atoms with E-state index in [1.807, 2.05) is 31.2 Å². The van der Waals surface area contributed by atoms with Crippen molar-refractivity contribution < 1.29 is 14.5 Å². The van der Waals surface area contributed by atoms with E-state index in [9.17, 15) is 9.59 Å². The average molecular weight is 380 g/mol. The van der Waals surface area contributed by atoms with Gasteiger partial charge in [-0.05, 0) is 31.9 Å². The van der Waals surface area contributed by atoms with Gasteiger partial charge in [0.1, 0.15) is 0 Å². The van der Waals surface area contributed by atoms with Crippen LogP contribution in [0, 0.1) is 0 Å². The Hall–Kier alpha value is -1.79. The molecule has 1 atom stereocenters. The number of benzene rings is 1. The number of nitrogens with one attached hydrogen (secondary N) is 3. The number of anilines is 1. The van der Waals surface area contributed by atoms with Crippen LogP contribution in [0.5, 0.6) is 0 Å². The second-order valence-corrected chi connectivity index (χ2v) is 7.67. The number of hydrogen-bond acceptors (Lipinski definition) is 3. The van der Waals surface area contributed by atoms with Crippen LogP contribution in [-0.4, -0.2) is 50.2 Å². The third-order valence-corrected chi connectivity index (χ3v) is 5.85. The van der Waals surface area contributed by atoms with Crippen molar-refractivity contribution in [2.24, 2.45) is 0 Å². The fourth-order valence-corrected chi connectivity index (χ4v) is 4.13. The molecule has 3 rings (SSSR count). The van der Waals surface area contributed by atoms with Crippen LogP contribution in [-0.2, 0) is 4.79 Å². The van der Waals surface area contributed by atoms with Gasteiger partial charge in [-0.15, -0.1) is 0 Å². The maximum Gasteiger partial charge on any atom is 0.321 e. The molecule has 1 aliphatic heterocycles. The Bertz CT molecular complexity index is 640. The summed E-state index contributed by atoms with van der Waals surface area (Å²) in [5, 5.41) is 6.17. The van der Waals surface area contributed by atoms with Gasteiger partial charge in [0.05, 0.1) is 36.9 Å². The van der Waals surface area contributed by atoms with Crippen molar-refractivity contribution in [2.45, 2.75) is 44.7 Å². The summed E-state index contributed by atoms with van der Waals surface area (Å²) in [5.41, 5.74) is 1.04. The minimum absolute atomic E-state index is 0.207. The van der Waals surface area contributed by atoms with Crippen LogP contribution < -0.4 is 20.4 Å². The molecule has 0 spiro atoms. The number of amides is 3. The van der Waals surface area contributed by atoms with Crippen LogP contribution in [0.3, 0.4) is 0 Å². The molecule has 2 fully saturated rings. The van der Waals surface area contributed by atoms with E-state index in [-0.39, 0.29) is 24.0 Å². The first-order valence-corrected chi connectivity index (χ1v) is 9.88. The summed E-state index contributed by atoms with van der Waals surface area (Å²) < 4.78 is 0. The minimum atomic E-state index is -0.358. The molecule has 1 aromatic rings. The van der Waals surface area contributed by atoms with E-state index in [2.05, 4.69) is 15.5 Å². The zero-order chi connectivity index (χ0) is 18.5. The summed E-state index contributed by atoms with van der Waals surface area (Å²) in [7, 11) is 0. The van der Waals surface area contributed by atoms with E-state index in [0.29, 0.717) is 0 Å². The molecular formula is C19H28ClN4O2+. The molecule has 1 saturated carbocycles. The standard InChI is InChI=1S/C19H27ClN4O2/c1-14(18(25)22-19(26)21-15-6-2-3-7-15)23-10-12-24(13-11-23)17-9-5-4-8-16(17)20/h4-5,8-9,14-15H,2-3,6-7,10-13H2,1H3,(H2,21,22,25,26)/p+1/t14-/m0/s1. The first-order valence-electron chi connectivity index (χ1n) is 9.50. The largest absolute Gasteiger partial charge is 0.359 e. The second-order valence-electron chi connectivity index (χ2n) is 7.26. The Kier molecular flexibility index (Phi) is 6.38. The van der Waals surface area contributed by atoms with Gasteiger partial charge in [0.2, 0.25) is 0 Å². The maximum atomic E-state index is 12.4. The number of imide groups is 1. The highest BCUT2D eigenvalue weighted by Gasteiger charge is 2.31. The quantitative estimate of drug-likeness (QED) is 0.736. The Morgan fingerprint density at radius 1 is 1.19 bits per heavy atom. The van der Waals surface area contributed by atoms with Crippen molar-refractivity contribution in [2.75, 3.05) is 31.1 Å². The molecular weight excluding hydrogens is 352 g/mol. The van der Waals surface area contributed by atoms with Crippen LogP contribution in [0.25, 0.3) is 0 Å². The van der Waals surface area contributed by atoms with Gasteiger partial charge in [0.15, 0.2) is 6.04 Å². The van der Waals surface area contributed by atoms with Crippen LogP contribution in [0.4, 0.5) is 10.5 Å². The van der Waals surface area contributed by atoms with Crippen LogP contribution in [0.2, 0.25) is 5.02 Å². The van der Waals surface area contributed by atoms with E-state index >= 15 is 0 Å². The molecule has 0 bridgehead atoms. The van der Waals surface area contributed by atoms with Crippen molar-refractivity contribution in [1.82, 2.24) is 10.6 Å². The number of urea groups is 1. The molecule has 0 aromatic heterocycles. The fraction of sp³-hybridized carbons (Fsp3) is 0.579. The summed E-state index contributed by atoms with van der Waals surface area (Å²) in [4.78, 5) is 27.8. The van der Waals surface area contributed by atoms with E-state index in [1.54, 1.807) is 0 Å². The number of rotatable bonds is 4. The van der Waals surface area contributed by atoms with Crippen molar-refractivity contribution in [3.8, 4) is 0 Å². The van der Waals surface area contributed by atoms with E-state index in [4.69, 9.17) is 11.6 Å². The van der Waals surface area contributed by atoms with Gasteiger partial charge in [-0.25, -0.2) is 4.79 Å². The number of carbonyl (C=O) groups is 2. The highest BCUT2D eigenvalue weighted by atomic mass is 35.5. The molecule has 3 amide bonds. The maximum absolute atomic E-state index is 12.4. The van der Waals surface area contributed by atoms with Crippen LogP contribution >= 0.6 is 11.6 Å². The number of piperazine rings is 1. The first-order chi connectivity index (χ1) is 12.5. The van der Waals surface area contributed by atoms with Gasteiger partial charge < -0.3 is 15.1 Å². The van der Waals surface area contributed by atoms with Gasteiger partial charge >= 0.3 is 6.03 Å². The van der Waals surface area contributed by atoms with Gasteiger partial charge in [-0.3, -0.25) is 10.1 Å². The van der Waals surface area contributed by atoms with Crippen molar-refractivity contribution in [3.05, 3.63) is 29.3 Å². The zero-order valence-corrected chi connectivity index (χ0v) is 16.0. The van der Waals surface area contributed by atoms with Crippen LogP contribution in [0.15, 0.2) is 24.3 Å². The normalized spacial score (nSPS) is 20.0. The predicted octanol–water partition coefficient (Wildman–Crippen LogP) is 1.20. The lowest BCUT2D eigenvalue weighted by Crippen LogP contribution is -3.19. The van der Waals surface area contributed by atoms with E-state index < -0.39 is 0 Å². The minimum Gasteiger partial charge on any atom is -0.359 e. The molecule has 1 saturated heterocycles. The topological polar surface area (TPSA) is 65.9 Å². The van der Waals surface area contributed by atoms with Crippen molar-refractivity contribution >= 4 is 29.2 Å². The third kappa shape index (κ3) is 4.68. The second kappa shape index (κ2) is 8.73. The van der Waals surface area contributed by atoms with Gasteiger partial charge in [0.25, 0.3) is 5.91 Å². The van der Waals surface area contributed by atoms with Gasteiger partial charge in [-0.1, -0.05) is 36.6 Å².